The van der Waals surface area contributed by atoms with Crippen molar-refractivity contribution in [2.24, 2.45) is 0 Å². The summed E-state index contributed by atoms with van der Waals surface area (Å²) in [5.41, 5.74) is 0.149. The minimum absolute atomic E-state index is 0.149. The molecule has 19 heavy (non-hydrogen) atoms. The van der Waals surface area contributed by atoms with Crippen LogP contribution in [0.15, 0.2) is 18.2 Å². The second-order valence-electron chi connectivity index (χ2n) is 4.47. The molecule has 0 saturated heterocycles. The molecule has 6 heteroatoms. The predicted molar refractivity (Wildman–Crippen MR) is 64.4 cm³/mol. The van der Waals surface area contributed by atoms with E-state index in [0.717, 1.165) is 6.07 Å². The van der Waals surface area contributed by atoms with Gasteiger partial charge < -0.3 is 5.11 Å². The van der Waals surface area contributed by atoms with Crippen LogP contribution in [0.25, 0.3) is 0 Å². The molecule has 0 spiro atoms. The Kier molecular flexibility index (Phi) is 5.17. The van der Waals surface area contributed by atoms with E-state index in [0.29, 0.717) is 6.42 Å². The fraction of sp³-hybridized carbons (Fsp3) is 0.538. The molecule has 1 aromatic rings. The summed E-state index contributed by atoms with van der Waals surface area (Å²) < 4.78 is 51.1. The van der Waals surface area contributed by atoms with Crippen molar-refractivity contribution in [1.82, 2.24) is 4.90 Å². The Bertz CT molecular complexity index is 420. The van der Waals surface area contributed by atoms with E-state index >= 15 is 0 Å². The van der Waals surface area contributed by atoms with Crippen molar-refractivity contribution in [2.75, 3.05) is 13.1 Å². The van der Waals surface area contributed by atoms with Gasteiger partial charge >= 0.3 is 6.18 Å². The Labute approximate surface area is 109 Å². The number of hydrogen-bond acceptors (Lipinski definition) is 2. The van der Waals surface area contributed by atoms with E-state index in [-0.39, 0.29) is 17.9 Å². The lowest BCUT2D eigenvalue weighted by Crippen LogP contribution is -2.37. The highest BCUT2D eigenvalue weighted by Crippen LogP contribution is 2.28. The molecule has 0 fully saturated rings. The molecule has 1 N–H and O–H groups in total. The minimum atomic E-state index is -4.32. The summed E-state index contributed by atoms with van der Waals surface area (Å²) in [6, 6.07) is 2.78. The Morgan fingerprint density at radius 3 is 2.42 bits per heavy atom. The summed E-state index contributed by atoms with van der Waals surface area (Å²) in [6.45, 7) is 2.43. The second-order valence-corrected chi connectivity index (χ2v) is 4.47. The number of halogens is 4. The molecule has 1 rings (SSSR count). The standard InChI is InChI=1S/C13H17F4NO/c1-3-6-18(8-13(15,16)17)9(2)11-5-4-10(19)7-12(11)14/h4-5,7,9,19H,3,6,8H2,1-2H3. The molecule has 0 heterocycles. The van der Waals surface area contributed by atoms with Crippen LogP contribution in [-0.2, 0) is 0 Å². The summed E-state index contributed by atoms with van der Waals surface area (Å²) in [4.78, 5) is 1.18. The molecule has 0 aromatic heterocycles. The SMILES string of the molecule is CCCN(CC(F)(F)F)C(C)c1ccc(O)cc1F. The fourth-order valence-corrected chi connectivity index (χ4v) is 1.98. The van der Waals surface area contributed by atoms with Crippen LogP contribution in [0.3, 0.4) is 0 Å². The number of phenolic OH excluding ortho intramolecular Hbond substituents is 1. The van der Waals surface area contributed by atoms with Crippen molar-refractivity contribution < 1.29 is 22.7 Å². The van der Waals surface area contributed by atoms with E-state index in [4.69, 9.17) is 5.11 Å². The highest BCUT2D eigenvalue weighted by atomic mass is 19.4. The molecule has 0 saturated carbocycles. The van der Waals surface area contributed by atoms with Crippen molar-refractivity contribution >= 4 is 0 Å². The summed E-state index contributed by atoms with van der Waals surface area (Å²) in [5, 5.41) is 9.11. The Morgan fingerprint density at radius 2 is 1.95 bits per heavy atom. The molecular formula is C13H17F4NO. The smallest absolute Gasteiger partial charge is 0.401 e. The van der Waals surface area contributed by atoms with Gasteiger partial charge in [0, 0.05) is 17.7 Å². The average molecular weight is 279 g/mol. The average Bonchev–Trinajstić information content (AvgIpc) is 2.26. The maximum atomic E-state index is 13.7. The van der Waals surface area contributed by atoms with E-state index in [1.165, 1.54) is 24.0 Å². The van der Waals surface area contributed by atoms with Crippen LogP contribution in [0, 0.1) is 5.82 Å². The Morgan fingerprint density at radius 1 is 1.32 bits per heavy atom. The lowest BCUT2D eigenvalue weighted by Gasteiger charge is -2.30. The van der Waals surface area contributed by atoms with Crippen molar-refractivity contribution in [3.63, 3.8) is 0 Å². The normalized spacial score (nSPS) is 13.8. The predicted octanol–water partition coefficient (Wildman–Crippen LogP) is 3.87. The van der Waals surface area contributed by atoms with Gasteiger partial charge in [0.1, 0.15) is 11.6 Å². The zero-order chi connectivity index (χ0) is 14.6. The van der Waals surface area contributed by atoms with Gasteiger partial charge in [0.15, 0.2) is 0 Å². The van der Waals surface area contributed by atoms with Gasteiger partial charge in [-0.15, -0.1) is 0 Å². The van der Waals surface area contributed by atoms with E-state index < -0.39 is 24.6 Å². The largest absolute Gasteiger partial charge is 0.508 e. The van der Waals surface area contributed by atoms with E-state index in [2.05, 4.69) is 0 Å². The molecule has 0 aliphatic heterocycles. The van der Waals surface area contributed by atoms with Gasteiger partial charge in [0.05, 0.1) is 6.54 Å². The summed E-state index contributed by atoms with van der Waals surface area (Å²) in [7, 11) is 0. The van der Waals surface area contributed by atoms with E-state index in [1.54, 1.807) is 6.92 Å². The molecule has 1 atom stereocenters. The quantitative estimate of drug-likeness (QED) is 0.827. The van der Waals surface area contributed by atoms with Crippen LogP contribution in [0.2, 0.25) is 0 Å². The highest BCUT2D eigenvalue weighted by molar-refractivity contribution is 5.29. The molecule has 108 valence electrons. The van der Waals surface area contributed by atoms with Gasteiger partial charge in [-0.3, -0.25) is 4.90 Å². The number of rotatable bonds is 5. The van der Waals surface area contributed by atoms with Crippen LogP contribution in [0.4, 0.5) is 17.6 Å². The summed E-state index contributed by atoms with van der Waals surface area (Å²) in [6.07, 6.45) is -3.78. The van der Waals surface area contributed by atoms with Crippen molar-refractivity contribution in [3.8, 4) is 5.75 Å². The maximum absolute atomic E-state index is 13.7. The van der Waals surface area contributed by atoms with E-state index in [1.807, 2.05) is 0 Å². The number of nitrogens with zero attached hydrogens (tertiary/aromatic N) is 1. The zero-order valence-electron chi connectivity index (χ0n) is 10.8. The number of aromatic hydroxyl groups is 1. The summed E-state index contributed by atoms with van der Waals surface area (Å²) >= 11 is 0. The third kappa shape index (κ3) is 4.70. The number of alkyl halides is 3. The van der Waals surface area contributed by atoms with Crippen LogP contribution < -0.4 is 0 Å². The van der Waals surface area contributed by atoms with Gasteiger partial charge in [0.2, 0.25) is 0 Å². The Hall–Kier alpha value is -1.30. The first kappa shape index (κ1) is 15.8. The molecule has 0 amide bonds. The number of phenols is 1. The first-order chi connectivity index (χ1) is 8.74. The van der Waals surface area contributed by atoms with E-state index in [9.17, 15) is 17.6 Å². The Balaban J connectivity index is 2.95. The topological polar surface area (TPSA) is 23.5 Å². The molecule has 0 aliphatic rings. The maximum Gasteiger partial charge on any atom is 0.401 e. The van der Waals surface area contributed by atoms with Crippen molar-refractivity contribution in [3.05, 3.63) is 29.6 Å². The van der Waals surface area contributed by atoms with Crippen LogP contribution in [-0.4, -0.2) is 29.3 Å². The van der Waals surface area contributed by atoms with Gasteiger partial charge in [0.25, 0.3) is 0 Å². The first-order valence-corrected chi connectivity index (χ1v) is 6.03. The third-order valence-corrected chi connectivity index (χ3v) is 2.88. The van der Waals surface area contributed by atoms with Gasteiger partial charge in [-0.05, 0) is 26.0 Å². The van der Waals surface area contributed by atoms with Crippen LogP contribution in [0.1, 0.15) is 31.9 Å². The number of benzene rings is 1. The molecule has 1 unspecified atom stereocenters. The van der Waals surface area contributed by atoms with Crippen LogP contribution >= 0.6 is 0 Å². The first-order valence-electron chi connectivity index (χ1n) is 6.03. The lowest BCUT2D eigenvalue weighted by molar-refractivity contribution is -0.150. The van der Waals surface area contributed by atoms with Gasteiger partial charge in [-0.2, -0.15) is 13.2 Å². The fourth-order valence-electron chi connectivity index (χ4n) is 1.98. The summed E-state index contributed by atoms with van der Waals surface area (Å²) in [5.74, 6) is -0.943. The van der Waals surface area contributed by atoms with Crippen LogP contribution in [0.5, 0.6) is 5.75 Å². The third-order valence-electron chi connectivity index (χ3n) is 2.88. The molecule has 1 aromatic carbocycles. The molecule has 2 nitrogen and oxygen atoms in total. The molecule has 0 bridgehead atoms. The van der Waals surface area contributed by atoms with Crippen molar-refractivity contribution in [1.29, 1.82) is 0 Å². The molecular weight excluding hydrogens is 262 g/mol. The van der Waals surface area contributed by atoms with Gasteiger partial charge in [-0.1, -0.05) is 13.0 Å². The minimum Gasteiger partial charge on any atom is -0.508 e. The van der Waals surface area contributed by atoms with Gasteiger partial charge in [-0.25, -0.2) is 4.39 Å². The zero-order valence-corrected chi connectivity index (χ0v) is 10.8. The molecule has 0 aliphatic carbocycles. The lowest BCUT2D eigenvalue weighted by atomic mass is 10.1. The monoisotopic (exact) mass is 279 g/mol. The highest BCUT2D eigenvalue weighted by Gasteiger charge is 2.33. The number of hydrogen-bond donors (Lipinski definition) is 1. The second kappa shape index (κ2) is 6.23. The molecule has 0 radical (unpaired) electrons. The van der Waals surface area contributed by atoms with Crippen molar-refractivity contribution in [2.45, 2.75) is 32.5 Å².